The summed E-state index contributed by atoms with van der Waals surface area (Å²) in [5, 5.41) is 0. The highest BCUT2D eigenvalue weighted by Gasteiger charge is 2.10. The molecule has 3 atom stereocenters. The summed E-state index contributed by atoms with van der Waals surface area (Å²) in [7, 11) is 0. The summed E-state index contributed by atoms with van der Waals surface area (Å²) >= 11 is 0. The van der Waals surface area contributed by atoms with Gasteiger partial charge >= 0.3 is 5.97 Å². The summed E-state index contributed by atoms with van der Waals surface area (Å²) in [4.78, 5) is 15.9. The number of aromatic nitrogens is 1. The first-order valence-electron chi connectivity index (χ1n) is 12.0. The van der Waals surface area contributed by atoms with Crippen molar-refractivity contribution in [3.63, 3.8) is 0 Å². The number of esters is 1. The largest absolute Gasteiger partial charge is 0.462 e. The van der Waals surface area contributed by atoms with Gasteiger partial charge in [-0.15, -0.1) is 0 Å². The summed E-state index contributed by atoms with van der Waals surface area (Å²) < 4.78 is 5.36. The van der Waals surface area contributed by atoms with E-state index in [0.717, 1.165) is 24.2 Å². The molecule has 0 saturated carbocycles. The number of hydrogen-bond donors (Lipinski definition) is 0. The van der Waals surface area contributed by atoms with Crippen LogP contribution >= 0.6 is 0 Å². The van der Waals surface area contributed by atoms with E-state index >= 15 is 0 Å². The van der Waals surface area contributed by atoms with Crippen LogP contribution in [0.4, 0.5) is 0 Å². The molecule has 0 radical (unpaired) electrons. The molecule has 0 amide bonds. The molecule has 3 nitrogen and oxygen atoms in total. The van der Waals surface area contributed by atoms with E-state index in [9.17, 15) is 4.79 Å². The van der Waals surface area contributed by atoms with Crippen molar-refractivity contribution in [1.82, 2.24) is 4.98 Å². The van der Waals surface area contributed by atoms with Gasteiger partial charge in [0.15, 0.2) is 0 Å². The van der Waals surface area contributed by atoms with Crippen LogP contribution in [0.2, 0.25) is 0 Å². The fraction of sp³-hybridized carbons (Fsp3) is 0.769. The molecule has 0 bridgehead atoms. The first kappa shape index (κ1) is 25.7. The summed E-state index contributed by atoms with van der Waals surface area (Å²) in [6.45, 7) is 12.2. The molecule has 0 aliphatic rings. The number of pyridine rings is 1. The first-order chi connectivity index (χ1) is 13.9. The van der Waals surface area contributed by atoms with Crippen LogP contribution < -0.4 is 0 Å². The molecule has 1 rings (SSSR count). The molecule has 0 spiro atoms. The number of carbonyl (C=O) groups is 1. The van der Waals surface area contributed by atoms with Crippen LogP contribution in [0.1, 0.15) is 109 Å². The second-order valence-corrected chi connectivity index (χ2v) is 9.67. The van der Waals surface area contributed by atoms with Gasteiger partial charge in [0, 0.05) is 12.4 Å². The van der Waals surface area contributed by atoms with E-state index in [1.807, 2.05) is 0 Å². The molecule has 166 valence electrons. The fourth-order valence-electron chi connectivity index (χ4n) is 3.86. The highest BCUT2D eigenvalue weighted by Crippen LogP contribution is 2.22. The Labute approximate surface area is 180 Å². The molecule has 0 aliphatic carbocycles. The van der Waals surface area contributed by atoms with Crippen LogP contribution in [0.15, 0.2) is 24.5 Å². The predicted octanol–water partition coefficient (Wildman–Crippen LogP) is 7.70. The molecule has 3 heteroatoms. The van der Waals surface area contributed by atoms with Crippen molar-refractivity contribution in [2.45, 2.75) is 98.8 Å². The van der Waals surface area contributed by atoms with Gasteiger partial charge in [0.1, 0.15) is 0 Å². The standard InChI is InChI=1S/C26H45NO2/c1-21(2)10-6-11-22(3)12-7-13-23(4)14-8-15-24(5)17-19-29-26(28)25-16-9-18-27-20-25/h9,16,18,20-24H,6-8,10-15,17,19H2,1-5H3. The lowest BCUT2D eigenvalue weighted by atomic mass is 9.91. The highest BCUT2D eigenvalue weighted by molar-refractivity contribution is 5.88. The van der Waals surface area contributed by atoms with Gasteiger partial charge in [-0.3, -0.25) is 4.98 Å². The van der Waals surface area contributed by atoms with E-state index in [-0.39, 0.29) is 5.97 Å². The van der Waals surface area contributed by atoms with E-state index in [2.05, 4.69) is 39.6 Å². The lowest BCUT2D eigenvalue weighted by molar-refractivity contribution is 0.0483. The van der Waals surface area contributed by atoms with Crippen molar-refractivity contribution in [3.8, 4) is 0 Å². The maximum Gasteiger partial charge on any atom is 0.339 e. The zero-order valence-electron chi connectivity index (χ0n) is 19.7. The van der Waals surface area contributed by atoms with Crippen LogP contribution in [0.25, 0.3) is 0 Å². The number of rotatable bonds is 16. The molecule has 0 aliphatic heterocycles. The van der Waals surface area contributed by atoms with E-state index < -0.39 is 0 Å². The average Bonchev–Trinajstić information content (AvgIpc) is 2.68. The number of nitrogens with zero attached hydrogens (tertiary/aromatic N) is 1. The zero-order chi connectivity index (χ0) is 21.5. The molecule has 1 aromatic heterocycles. The predicted molar refractivity (Wildman–Crippen MR) is 123 cm³/mol. The monoisotopic (exact) mass is 403 g/mol. The zero-order valence-corrected chi connectivity index (χ0v) is 19.7. The third kappa shape index (κ3) is 13.5. The van der Waals surface area contributed by atoms with Gasteiger partial charge in [0.2, 0.25) is 0 Å². The van der Waals surface area contributed by atoms with E-state index in [0.29, 0.717) is 18.1 Å². The highest BCUT2D eigenvalue weighted by atomic mass is 16.5. The van der Waals surface area contributed by atoms with E-state index in [1.165, 1.54) is 57.8 Å². The van der Waals surface area contributed by atoms with Crippen molar-refractivity contribution >= 4 is 5.97 Å². The van der Waals surface area contributed by atoms with Crippen molar-refractivity contribution in [3.05, 3.63) is 30.1 Å². The van der Waals surface area contributed by atoms with Gasteiger partial charge in [-0.05, 0) is 42.2 Å². The summed E-state index contributed by atoms with van der Waals surface area (Å²) in [5.74, 6) is 2.89. The van der Waals surface area contributed by atoms with Gasteiger partial charge in [-0.25, -0.2) is 4.79 Å². The van der Waals surface area contributed by atoms with Gasteiger partial charge in [-0.1, -0.05) is 92.4 Å². The molecule has 3 unspecified atom stereocenters. The third-order valence-corrected chi connectivity index (χ3v) is 6.01. The van der Waals surface area contributed by atoms with E-state index in [4.69, 9.17) is 4.74 Å². The van der Waals surface area contributed by atoms with Gasteiger partial charge in [0.05, 0.1) is 12.2 Å². The minimum Gasteiger partial charge on any atom is -0.462 e. The van der Waals surface area contributed by atoms with Gasteiger partial charge in [-0.2, -0.15) is 0 Å². The van der Waals surface area contributed by atoms with Crippen LogP contribution in [-0.2, 0) is 4.74 Å². The molecule has 29 heavy (non-hydrogen) atoms. The summed E-state index contributed by atoms with van der Waals surface area (Å²) in [6.07, 6.45) is 16.3. The van der Waals surface area contributed by atoms with Gasteiger partial charge in [0.25, 0.3) is 0 Å². The lowest BCUT2D eigenvalue weighted by Crippen LogP contribution is -2.09. The molecule has 1 heterocycles. The Bertz CT molecular complexity index is 529. The molecular formula is C26H45NO2. The Morgan fingerprint density at radius 3 is 1.83 bits per heavy atom. The Morgan fingerprint density at radius 2 is 1.34 bits per heavy atom. The molecule has 1 aromatic rings. The van der Waals surface area contributed by atoms with Crippen LogP contribution in [0.3, 0.4) is 0 Å². The Kier molecular flexibility index (Phi) is 13.7. The molecule has 0 N–H and O–H groups in total. The topological polar surface area (TPSA) is 39.2 Å². The number of ether oxygens (including phenoxy) is 1. The van der Waals surface area contributed by atoms with E-state index in [1.54, 1.807) is 24.5 Å². The Morgan fingerprint density at radius 1 is 0.828 bits per heavy atom. The minimum atomic E-state index is -0.266. The third-order valence-electron chi connectivity index (χ3n) is 6.01. The molecule has 0 saturated heterocycles. The normalized spacial score (nSPS) is 14.6. The van der Waals surface area contributed by atoms with Gasteiger partial charge < -0.3 is 4.74 Å². The number of carbonyl (C=O) groups excluding carboxylic acids is 1. The SMILES string of the molecule is CC(C)CCCC(C)CCCC(C)CCCC(C)CCOC(=O)c1cccnc1. The summed E-state index contributed by atoms with van der Waals surface area (Å²) in [6, 6.07) is 3.50. The van der Waals surface area contributed by atoms with Crippen LogP contribution in [-0.4, -0.2) is 17.6 Å². The second-order valence-electron chi connectivity index (χ2n) is 9.67. The maximum atomic E-state index is 11.9. The number of hydrogen-bond acceptors (Lipinski definition) is 3. The second kappa shape index (κ2) is 15.5. The van der Waals surface area contributed by atoms with Crippen molar-refractivity contribution in [2.75, 3.05) is 6.61 Å². The van der Waals surface area contributed by atoms with Crippen molar-refractivity contribution < 1.29 is 9.53 Å². The van der Waals surface area contributed by atoms with Crippen molar-refractivity contribution in [1.29, 1.82) is 0 Å². The maximum absolute atomic E-state index is 11.9. The summed E-state index contributed by atoms with van der Waals surface area (Å²) in [5.41, 5.74) is 0.531. The first-order valence-corrected chi connectivity index (χ1v) is 12.0. The molecular weight excluding hydrogens is 358 g/mol. The molecule has 0 aromatic carbocycles. The Balaban J connectivity index is 2.01. The van der Waals surface area contributed by atoms with Crippen LogP contribution in [0.5, 0.6) is 0 Å². The quantitative estimate of drug-likeness (QED) is 0.265. The fourth-order valence-corrected chi connectivity index (χ4v) is 3.86. The van der Waals surface area contributed by atoms with Crippen LogP contribution in [0, 0.1) is 23.7 Å². The molecule has 0 fully saturated rings. The van der Waals surface area contributed by atoms with Crippen molar-refractivity contribution in [2.24, 2.45) is 23.7 Å². The average molecular weight is 404 g/mol. The smallest absolute Gasteiger partial charge is 0.339 e. The minimum absolute atomic E-state index is 0.266. The Hall–Kier alpha value is -1.38. The lowest BCUT2D eigenvalue weighted by Gasteiger charge is -2.16.